The first-order valence-electron chi connectivity index (χ1n) is 13.3. The van der Waals surface area contributed by atoms with Gasteiger partial charge in [-0.2, -0.15) is 0 Å². The molecular formula is C30H38N4O5. The lowest BCUT2D eigenvalue weighted by molar-refractivity contribution is -0.142. The smallest absolute Gasteiger partial charge is 0.408 e. The van der Waals surface area contributed by atoms with E-state index in [-0.39, 0.29) is 18.7 Å². The van der Waals surface area contributed by atoms with E-state index in [1.807, 2.05) is 88.4 Å². The van der Waals surface area contributed by atoms with E-state index in [4.69, 9.17) is 4.42 Å². The topological polar surface area (TPSA) is 126 Å². The van der Waals surface area contributed by atoms with Crippen molar-refractivity contribution in [3.63, 3.8) is 0 Å². The van der Waals surface area contributed by atoms with E-state index in [0.29, 0.717) is 12.3 Å². The van der Waals surface area contributed by atoms with Crippen LogP contribution in [0, 0.1) is 5.41 Å². The van der Waals surface area contributed by atoms with Gasteiger partial charge in [0.1, 0.15) is 6.04 Å². The molecule has 0 aliphatic heterocycles. The highest BCUT2D eigenvalue weighted by Gasteiger charge is 2.43. The van der Waals surface area contributed by atoms with Gasteiger partial charge in [0.25, 0.3) is 5.91 Å². The molecule has 0 fully saturated rings. The van der Waals surface area contributed by atoms with Gasteiger partial charge in [-0.3, -0.25) is 14.5 Å². The number of nitrogens with zero attached hydrogens (tertiary/aromatic N) is 3. The molecule has 3 aromatic rings. The maximum absolute atomic E-state index is 13.6. The number of rotatable bonds is 12. The zero-order valence-electron chi connectivity index (χ0n) is 23.3. The van der Waals surface area contributed by atoms with Crippen LogP contribution >= 0.6 is 0 Å². The third kappa shape index (κ3) is 7.75. The lowest BCUT2D eigenvalue weighted by atomic mass is 9.82. The number of nitrogens with one attached hydrogen (secondary N) is 1. The Morgan fingerprint density at radius 2 is 1.62 bits per heavy atom. The molecule has 0 spiro atoms. The molecule has 0 saturated carbocycles. The number of ketones is 1. The van der Waals surface area contributed by atoms with Gasteiger partial charge in [-0.15, -0.1) is 10.2 Å². The van der Waals surface area contributed by atoms with E-state index in [1.54, 1.807) is 6.92 Å². The van der Waals surface area contributed by atoms with Gasteiger partial charge in [0.05, 0.1) is 6.04 Å². The molecule has 0 aliphatic rings. The Balaban J connectivity index is 1.90. The number of Topliss-reactive ketones (excluding diaryl/α,β-unsaturated/α-hetero) is 1. The number of unbranched alkanes of at least 4 members (excludes halogenated alkanes) is 1. The summed E-state index contributed by atoms with van der Waals surface area (Å²) in [7, 11) is 0. The van der Waals surface area contributed by atoms with Crippen molar-refractivity contribution in [3.8, 4) is 11.5 Å². The third-order valence-electron chi connectivity index (χ3n) is 6.75. The molecule has 9 heteroatoms. The summed E-state index contributed by atoms with van der Waals surface area (Å²) < 4.78 is 5.89. The molecule has 1 heterocycles. The molecular weight excluding hydrogens is 496 g/mol. The summed E-state index contributed by atoms with van der Waals surface area (Å²) in [4.78, 5) is 40.6. The van der Waals surface area contributed by atoms with Gasteiger partial charge in [0, 0.05) is 18.0 Å². The average Bonchev–Trinajstić information content (AvgIpc) is 3.38. The standard InChI is InChI=1S/C30H38N4O5/c1-6-7-18-23(26(35)27(36)31-20(2)21-14-10-8-11-15-21)34(29(37)38)24(30(3,4)5)19-25-32-33-28(39-25)22-16-12-9-13-17-22/h8-17,20,23-24H,6-7,18-19H2,1-5H3,(H,31,36)(H,37,38)/t20-,23+,24-/m1/s1. The first-order chi connectivity index (χ1) is 18.5. The number of aromatic nitrogens is 2. The number of carboxylic acid groups (broad SMARTS) is 1. The van der Waals surface area contributed by atoms with Crippen LogP contribution in [-0.2, 0) is 16.0 Å². The van der Waals surface area contributed by atoms with Gasteiger partial charge in [-0.05, 0) is 36.5 Å². The molecule has 3 rings (SSSR count). The van der Waals surface area contributed by atoms with Crippen LogP contribution in [-0.4, -0.2) is 50.1 Å². The lowest BCUT2D eigenvalue weighted by Crippen LogP contribution is -2.58. The first-order valence-corrected chi connectivity index (χ1v) is 13.3. The normalized spacial score (nSPS) is 13.8. The number of carbonyl (C=O) groups is 3. The number of hydrogen-bond acceptors (Lipinski definition) is 6. The molecule has 0 bridgehead atoms. The average molecular weight is 535 g/mol. The van der Waals surface area contributed by atoms with Crippen LogP contribution < -0.4 is 5.32 Å². The molecule has 9 nitrogen and oxygen atoms in total. The molecule has 39 heavy (non-hydrogen) atoms. The summed E-state index contributed by atoms with van der Waals surface area (Å²) in [5.41, 5.74) is 0.981. The zero-order valence-corrected chi connectivity index (χ0v) is 23.3. The maximum Gasteiger partial charge on any atom is 0.408 e. The van der Waals surface area contributed by atoms with Crippen molar-refractivity contribution in [2.75, 3.05) is 0 Å². The molecule has 2 N–H and O–H groups in total. The summed E-state index contributed by atoms with van der Waals surface area (Å²) in [5, 5.41) is 21.4. The summed E-state index contributed by atoms with van der Waals surface area (Å²) in [6, 6.07) is 16.3. The van der Waals surface area contributed by atoms with Crippen LogP contribution in [0.25, 0.3) is 11.5 Å². The van der Waals surface area contributed by atoms with E-state index < -0.39 is 41.3 Å². The van der Waals surface area contributed by atoms with Crippen LogP contribution in [0.2, 0.25) is 0 Å². The summed E-state index contributed by atoms with van der Waals surface area (Å²) >= 11 is 0. The number of amides is 2. The van der Waals surface area contributed by atoms with E-state index in [0.717, 1.165) is 22.4 Å². The Morgan fingerprint density at radius 1 is 1.00 bits per heavy atom. The molecule has 2 aromatic carbocycles. The Morgan fingerprint density at radius 3 is 2.18 bits per heavy atom. The third-order valence-corrected chi connectivity index (χ3v) is 6.75. The van der Waals surface area contributed by atoms with Crippen molar-refractivity contribution >= 4 is 17.8 Å². The summed E-state index contributed by atoms with van der Waals surface area (Å²) in [5.74, 6) is -1.01. The predicted octanol–water partition coefficient (Wildman–Crippen LogP) is 5.68. The van der Waals surface area contributed by atoms with Crippen molar-refractivity contribution < 1.29 is 23.9 Å². The molecule has 208 valence electrons. The molecule has 0 unspecified atom stereocenters. The molecule has 3 atom stereocenters. The second-order valence-corrected chi connectivity index (χ2v) is 10.8. The van der Waals surface area contributed by atoms with Crippen LogP contribution in [0.4, 0.5) is 4.79 Å². The zero-order chi connectivity index (χ0) is 28.6. The minimum atomic E-state index is -1.28. The Hall–Kier alpha value is -4.01. The largest absolute Gasteiger partial charge is 0.465 e. The predicted molar refractivity (Wildman–Crippen MR) is 148 cm³/mol. The highest BCUT2D eigenvalue weighted by Crippen LogP contribution is 2.31. The van der Waals surface area contributed by atoms with E-state index in [1.165, 1.54) is 0 Å². The van der Waals surface area contributed by atoms with Crippen molar-refractivity contribution in [3.05, 3.63) is 72.1 Å². The number of hydrogen-bond donors (Lipinski definition) is 2. The maximum atomic E-state index is 13.6. The highest BCUT2D eigenvalue weighted by molar-refractivity contribution is 6.38. The highest BCUT2D eigenvalue weighted by atomic mass is 16.4. The minimum Gasteiger partial charge on any atom is -0.465 e. The summed E-state index contributed by atoms with van der Waals surface area (Å²) in [6.07, 6.45) is 0.352. The molecule has 0 saturated heterocycles. The van der Waals surface area contributed by atoms with Crippen LogP contribution in [0.5, 0.6) is 0 Å². The number of carbonyl (C=O) groups excluding carboxylic acids is 2. The fourth-order valence-electron chi connectivity index (χ4n) is 4.54. The van der Waals surface area contributed by atoms with E-state index in [9.17, 15) is 19.5 Å². The van der Waals surface area contributed by atoms with Crippen molar-refractivity contribution in [2.45, 2.75) is 78.4 Å². The fraction of sp³-hybridized carbons (Fsp3) is 0.433. The van der Waals surface area contributed by atoms with Crippen LogP contribution in [0.15, 0.2) is 65.1 Å². The number of benzene rings is 2. The van der Waals surface area contributed by atoms with Gasteiger partial charge >= 0.3 is 6.09 Å². The van der Waals surface area contributed by atoms with Crippen LogP contribution in [0.3, 0.4) is 0 Å². The van der Waals surface area contributed by atoms with Gasteiger partial charge in [-0.1, -0.05) is 89.1 Å². The van der Waals surface area contributed by atoms with Crippen LogP contribution in [0.1, 0.15) is 71.4 Å². The molecule has 0 aliphatic carbocycles. The van der Waals surface area contributed by atoms with E-state index >= 15 is 0 Å². The molecule has 2 amide bonds. The van der Waals surface area contributed by atoms with Gasteiger partial charge in [-0.25, -0.2) is 4.79 Å². The Kier molecular flexibility index (Phi) is 9.98. The molecule has 1 aromatic heterocycles. The van der Waals surface area contributed by atoms with Gasteiger partial charge in [0.2, 0.25) is 17.6 Å². The SMILES string of the molecule is CCCC[C@@H](C(=O)C(=O)N[C@H](C)c1ccccc1)N(C(=O)O)[C@H](Cc1nnc(-c2ccccc2)o1)C(C)(C)C. The summed E-state index contributed by atoms with van der Waals surface area (Å²) in [6.45, 7) is 9.41. The fourth-order valence-corrected chi connectivity index (χ4v) is 4.54. The first kappa shape index (κ1) is 29.5. The second kappa shape index (κ2) is 13.2. The van der Waals surface area contributed by atoms with Gasteiger partial charge < -0.3 is 14.8 Å². The minimum absolute atomic E-state index is 0.0908. The lowest BCUT2D eigenvalue weighted by Gasteiger charge is -2.41. The Labute approximate surface area is 229 Å². The monoisotopic (exact) mass is 534 g/mol. The molecule has 0 radical (unpaired) electrons. The second-order valence-electron chi connectivity index (χ2n) is 10.8. The quantitative estimate of drug-likeness (QED) is 0.286. The Bertz CT molecular complexity index is 1240. The van der Waals surface area contributed by atoms with Crippen molar-refractivity contribution in [2.24, 2.45) is 5.41 Å². The van der Waals surface area contributed by atoms with Crippen molar-refractivity contribution in [1.29, 1.82) is 0 Å². The van der Waals surface area contributed by atoms with Gasteiger partial charge in [0.15, 0.2) is 0 Å². The van der Waals surface area contributed by atoms with Crippen molar-refractivity contribution in [1.82, 2.24) is 20.4 Å². The van der Waals surface area contributed by atoms with E-state index in [2.05, 4.69) is 15.5 Å².